The summed E-state index contributed by atoms with van der Waals surface area (Å²) in [5, 5.41) is 3.16. The number of nitrogens with one attached hydrogen (secondary N) is 1. The van der Waals surface area contributed by atoms with Crippen molar-refractivity contribution in [2.45, 2.75) is 71.0 Å². The first kappa shape index (κ1) is 28.7. The average molecular weight is 529 g/mol. The second-order valence-corrected chi connectivity index (χ2v) is 12.0. The molecule has 1 fully saturated rings. The molecular formula is C28H40N4O4S. The molecule has 1 aliphatic carbocycles. The first-order chi connectivity index (χ1) is 17.6. The Kier molecular flexibility index (Phi) is 10.1. The largest absolute Gasteiger partial charge is 0.352 e. The normalized spacial score (nSPS) is 15.3. The van der Waals surface area contributed by atoms with Crippen molar-refractivity contribution in [1.29, 1.82) is 0 Å². The van der Waals surface area contributed by atoms with E-state index < -0.39 is 28.7 Å². The third-order valence-corrected chi connectivity index (χ3v) is 8.66. The predicted molar refractivity (Wildman–Crippen MR) is 147 cm³/mol. The highest BCUT2D eigenvalue weighted by Gasteiger charge is 2.34. The quantitative estimate of drug-likeness (QED) is 0.480. The molecule has 0 unspecified atom stereocenters. The number of para-hydroxylation sites is 1. The van der Waals surface area contributed by atoms with E-state index >= 15 is 0 Å². The molecule has 8 nitrogen and oxygen atoms in total. The summed E-state index contributed by atoms with van der Waals surface area (Å²) >= 11 is 0. The fraction of sp³-hybridized carbons (Fsp3) is 0.500. The Morgan fingerprint density at radius 1 is 1.00 bits per heavy atom. The number of anilines is 1. The second-order valence-electron chi connectivity index (χ2n) is 9.91. The summed E-state index contributed by atoms with van der Waals surface area (Å²) in [5.41, 5.74) is 2.32. The van der Waals surface area contributed by atoms with Crippen LogP contribution in [0.4, 0.5) is 5.69 Å². The number of hydrogen-bond donors (Lipinski definition) is 1. The number of aryl methyl sites for hydroxylation is 1. The molecule has 0 heterocycles. The van der Waals surface area contributed by atoms with E-state index in [9.17, 15) is 18.0 Å². The molecule has 9 heteroatoms. The van der Waals surface area contributed by atoms with Gasteiger partial charge in [-0.1, -0.05) is 74.2 Å². The molecule has 2 amide bonds. The molecule has 3 rings (SSSR count). The van der Waals surface area contributed by atoms with E-state index in [0.717, 1.165) is 45.4 Å². The topological polar surface area (TPSA) is 90.0 Å². The zero-order valence-corrected chi connectivity index (χ0v) is 23.2. The molecular weight excluding hydrogens is 488 g/mol. The van der Waals surface area contributed by atoms with E-state index in [1.165, 1.54) is 25.4 Å². The van der Waals surface area contributed by atoms with Gasteiger partial charge < -0.3 is 10.2 Å². The minimum Gasteiger partial charge on any atom is -0.352 e. The van der Waals surface area contributed by atoms with Crippen molar-refractivity contribution in [3.8, 4) is 0 Å². The lowest BCUT2D eigenvalue weighted by molar-refractivity contribution is -0.140. The maximum atomic E-state index is 13.9. The third kappa shape index (κ3) is 7.55. The van der Waals surface area contributed by atoms with Gasteiger partial charge in [0.25, 0.3) is 0 Å². The van der Waals surface area contributed by atoms with Gasteiger partial charge in [0, 0.05) is 26.7 Å². The fourth-order valence-electron chi connectivity index (χ4n) is 4.78. The van der Waals surface area contributed by atoms with Crippen LogP contribution in [0.5, 0.6) is 0 Å². The summed E-state index contributed by atoms with van der Waals surface area (Å²) in [5.74, 6) is -0.612. The Morgan fingerprint density at radius 3 is 2.27 bits per heavy atom. The molecule has 2 aromatic carbocycles. The molecule has 0 aliphatic heterocycles. The van der Waals surface area contributed by atoms with Crippen LogP contribution in [0.15, 0.2) is 54.6 Å². The molecule has 0 aromatic heterocycles. The third-order valence-electron chi connectivity index (χ3n) is 6.84. The SMILES string of the molecule is CC[C@@H](C(=O)NC1CCCCC1)N(Cc1cccc(C)c1)C(=O)CN(c1ccccc1)S(=O)(=O)N(C)C. The first-order valence-electron chi connectivity index (χ1n) is 13.0. The molecule has 202 valence electrons. The van der Waals surface area contributed by atoms with Crippen molar-refractivity contribution in [2.75, 3.05) is 24.9 Å². The van der Waals surface area contributed by atoms with Gasteiger partial charge in [0.05, 0.1) is 5.69 Å². The first-order valence-corrected chi connectivity index (χ1v) is 14.4. The maximum absolute atomic E-state index is 13.9. The van der Waals surface area contributed by atoms with Gasteiger partial charge in [-0.25, -0.2) is 4.31 Å². The number of nitrogens with zero attached hydrogens (tertiary/aromatic N) is 3. The van der Waals surface area contributed by atoms with E-state index in [-0.39, 0.29) is 18.5 Å². The number of benzene rings is 2. The van der Waals surface area contributed by atoms with Crippen LogP contribution in [0.1, 0.15) is 56.6 Å². The van der Waals surface area contributed by atoms with Crippen LogP contribution in [-0.2, 0) is 26.3 Å². The van der Waals surface area contributed by atoms with E-state index in [1.807, 2.05) is 38.1 Å². The highest BCUT2D eigenvalue weighted by Crippen LogP contribution is 2.22. The van der Waals surface area contributed by atoms with Crippen LogP contribution in [0.25, 0.3) is 0 Å². The van der Waals surface area contributed by atoms with Crippen LogP contribution in [-0.4, -0.2) is 62.2 Å². The molecule has 0 radical (unpaired) electrons. The van der Waals surface area contributed by atoms with Crippen molar-refractivity contribution < 1.29 is 18.0 Å². The zero-order chi connectivity index (χ0) is 27.0. The molecule has 0 bridgehead atoms. The van der Waals surface area contributed by atoms with Crippen molar-refractivity contribution in [3.63, 3.8) is 0 Å². The van der Waals surface area contributed by atoms with Crippen molar-refractivity contribution >= 4 is 27.7 Å². The Morgan fingerprint density at radius 2 is 1.68 bits per heavy atom. The van der Waals surface area contributed by atoms with E-state index in [2.05, 4.69) is 5.32 Å². The summed E-state index contributed by atoms with van der Waals surface area (Å²) in [6.45, 7) is 3.65. The van der Waals surface area contributed by atoms with Gasteiger partial charge in [0.2, 0.25) is 11.8 Å². The van der Waals surface area contributed by atoms with E-state index in [0.29, 0.717) is 12.1 Å². The number of carbonyl (C=O) groups is 2. The summed E-state index contributed by atoms with van der Waals surface area (Å²) in [6, 6.07) is 15.8. The average Bonchev–Trinajstić information content (AvgIpc) is 2.88. The summed E-state index contributed by atoms with van der Waals surface area (Å²) in [7, 11) is -1.08. The van der Waals surface area contributed by atoms with Crippen molar-refractivity contribution in [2.24, 2.45) is 0 Å². The summed E-state index contributed by atoms with van der Waals surface area (Å²) in [6.07, 6.45) is 5.65. The number of hydrogen-bond acceptors (Lipinski definition) is 4. The van der Waals surface area contributed by atoms with Gasteiger partial charge in [0.1, 0.15) is 12.6 Å². The minimum atomic E-state index is -3.96. The second kappa shape index (κ2) is 13.1. The van der Waals surface area contributed by atoms with Gasteiger partial charge in [-0.3, -0.25) is 9.59 Å². The molecule has 1 atom stereocenters. The van der Waals surface area contributed by atoms with Gasteiger partial charge in [0.15, 0.2) is 0 Å². The Balaban J connectivity index is 1.94. The van der Waals surface area contributed by atoms with Gasteiger partial charge >= 0.3 is 10.2 Å². The van der Waals surface area contributed by atoms with Crippen LogP contribution in [0.3, 0.4) is 0 Å². The van der Waals surface area contributed by atoms with Crippen LogP contribution >= 0.6 is 0 Å². The summed E-state index contributed by atoms with van der Waals surface area (Å²) in [4.78, 5) is 28.9. The Hall–Kier alpha value is -2.91. The fourth-order valence-corrected chi connectivity index (χ4v) is 5.84. The highest BCUT2D eigenvalue weighted by molar-refractivity contribution is 7.90. The lowest BCUT2D eigenvalue weighted by Crippen LogP contribution is -2.54. The molecule has 1 aliphatic rings. The van der Waals surface area contributed by atoms with Crippen LogP contribution < -0.4 is 9.62 Å². The Labute approximate surface area is 221 Å². The maximum Gasteiger partial charge on any atom is 0.304 e. The van der Waals surface area contributed by atoms with Gasteiger partial charge in [-0.15, -0.1) is 0 Å². The van der Waals surface area contributed by atoms with Crippen molar-refractivity contribution in [1.82, 2.24) is 14.5 Å². The number of amides is 2. The monoisotopic (exact) mass is 528 g/mol. The molecule has 37 heavy (non-hydrogen) atoms. The smallest absolute Gasteiger partial charge is 0.304 e. The highest BCUT2D eigenvalue weighted by atomic mass is 32.2. The minimum absolute atomic E-state index is 0.112. The standard InChI is InChI=1S/C28H40N4O4S/c1-5-26(28(34)29-24-15-8-6-9-16-24)31(20-23-14-12-13-22(2)19-23)27(33)21-32(37(35,36)30(3)4)25-17-10-7-11-18-25/h7,10-14,17-19,24,26H,5-6,8-9,15-16,20-21H2,1-4H3,(H,29,34)/t26-/m0/s1. The van der Waals surface area contributed by atoms with E-state index in [4.69, 9.17) is 0 Å². The number of rotatable bonds is 11. The lowest BCUT2D eigenvalue weighted by Gasteiger charge is -2.35. The lowest BCUT2D eigenvalue weighted by atomic mass is 9.95. The molecule has 2 aromatic rings. The molecule has 0 saturated heterocycles. The molecule has 0 spiro atoms. The zero-order valence-electron chi connectivity index (χ0n) is 22.4. The number of carbonyl (C=O) groups excluding carboxylic acids is 2. The Bertz CT molecular complexity index is 1150. The molecule has 1 saturated carbocycles. The van der Waals surface area contributed by atoms with E-state index in [1.54, 1.807) is 30.3 Å². The van der Waals surface area contributed by atoms with Crippen LogP contribution in [0, 0.1) is 6.92 Å². The predicted octanol–water partition coefficient (Wildman–Crippen LogP) is 3.86. The molecule has 1 N–H and O–H groups in total. The summed E-state index contributed by atoms with van der Waals surface area (Å²) < 4.78 is 28.6. The van der Waals surface area contributed by atoms with Gasteiger partial charge in [-0.05, 0) is 43.9 Å². The van der Waals surface area contributed by atoms with Crippen molar-refractivity contribution in [3.05, 3.63) is 65.7 Å². The van der Waals surface area contributed by atoms with Gasteiger partial charge in [-0.2, -0.15) is 12.7 Å². The van der Waals surface area contributed by atoms with Crippen LogP contribution in [0.2, 0.25) is 0 Å².